The fraction of sp³-hybridized carbons (Fsp3) is 0.333. The summed E-state index contributed by atoms with van der Waals surface area (Å²) in [7, 11) is 0. The minimum atomic E-state index is -5.08. The molecule has 1 unspecified atom stereocenters. The summed E-state index contributed by atoms with van der Waals surface area (Å²) in [6, 6.07) is 5.18. The molecule has 0 bridgehead atoms. The van der Waals surface area contributed by atoms with Crippen LogP contribution in [-0.2, 0) is 29.0 Å². The Hall–Kier alpha value is -3.28. The Morgan fingerprint density at radius 2 is 1.94 bits per heavy atom. The lowest BCUT2D eigenvalue weighted by atomic mass is 10.1. The van der Waals surface area contributed by atoms with Crippen molar-refractivity contribution in [3.05, 3.63) is 40.3 Å². The van der Waals surface area contributed by atoms with E-state index in [-0.39, 0.29) is 11.5 Å². The van der Waals surface area contributed by atoms with Crippen LogP contribution in [0, 0.1) is 0 Å². The zero-order valence-electron chi connectivity index (χ0n) is 15.6. The number of aliphatic carboxylic acids is 1. The van der Waals surface area contributed by atoms with Crippen molar-refractivity contribution in [1.82, 2.24) is 9.55 Å². The van der Waals surface area contributed by atoms with Crippen LogP contribution in [0.1, 0.15) is 28.3 Å². The summed E-state index contributed by atoms with van der Waals surface area (Å²) in [5, 5.41) is 19.7. The van der Waals surface area contributed by atoms with E-state index < -0.39 is 30.1 Å². The number of benzene rings is 1. The molecule has 1 amide bonds. The number of fused-ring (bicyclic) bond motifs is 2. The third-order valence-corrected chi connectivity index (χ3v) is 4.74. The molecule has 2 aliphatic heterocycles. The molecule has 1 aromatic heterocycles. The number of aromatic carboxylic acids is 1. The molecule has 3 heterocycles. The highest BCUT2D eigenvalue weighted by Crippen LogP contribution is 2.32. The van der Waals surface area contributed by atoms with Crippen LogP contribution in [-0.4, -0.2) is 49.9 Å². The van der Waals surface area contributed by atoms with Gasteiger partial charge in [-0.2, -0.15) is 13.2 Å². The van der Waals surface area contributed by atoms with E-state index in [2.05, 4.69) is 10.3 Å². The second kappa shape index (κ2) is 8.46. The standard InChI is InChI=1S/C16H14ClN3O4.C2HF3O2/c17-9-3-4-10-8(6-9)7-11(24-10)15(21)19-14-13(16(22)23)20-5-1-2-12(20)18-14;3-2(4,5)1(6)7/h3-4,6,11H,1-2,5,7H2,(H,19,21)(H,22,23);(H,6,7). The molecule has 0 fully saturated rings. The van der Waals surface area contributed by atoms with Gasteiger partial charge in [0.2, 0.25) is 0 Å². The predicted molar refractivity (Wildman–Crippen MR) is 99.4 cm³/mol. The van der Waals surface area contributed by atoms with Crippen molar-refractivity contribution < 1.29 is 42.5 Å². The van der Waals surface area contributed by atoms with Gasteiger partial charge in [-0.05, 0) is 30.2 Å². The van der Waals surface area contributed by atoms with E-state index in [1.807, 2.05) is 0 Å². The predicted octanol–water partition coefficient (Wildman–Crippen LogP) is 2.76. The van der Waals surface area contributed by atoms with Crippen LogP contribution in [0.15, 0.2) is 18.2 Å². The molecule has 0 saturated carbocycles. The van der Waals surface area contributed by atoms with E-state index in [9.17, 15) is 27.9 Å². The number of amides is 1. The molecular weight excluding hydrogens is 447 g/mol. The van der Waals surface area contributed by atoms with E-state index >= 15 is 0 Å². The Balaban J connectivity index is 0.000000339. The highest BCUT2D eigenvalue weighted by atomic mass is 35.5. The van der Waals surface area contributed by atoms with Gasteiger partial charge >= 0.3 is 18.1 Å². The lowest BCUT2D eigenvalue weighted by Gasteiger charge is -2.11. The number of aryl methyl sites for hydroxylation is 1. The van der Waals surface area contributed by atoms with Crippen molar-refractivity contribution in [2.24, 2.45) is 0 Å². The second-order valence-corrected chi connectivity index (χ2v) is 7.08. The summed E-state index contributed by atoms with van der Waals surface area (Å²) in [5.41, 5.74) is 0.878. The molecule has 31 heavy (non-hydrogen) atoms. The van der Waals surface area contributed by atoms with Crippen LogP contribution in [0.2, 0.25) is 5.02 Å². The van der Waals surface area contributed by atoms with E-state index in [0.717, 1.165) is 12.0 Å². The maximum Gasteiger partial charge on any atom is 0.490 e. The van der Waals surface area contributed by atoms with Gasteiger partial charge in [0, 0.05) is 24.4 Å². The third kappa shape index (κ3) is 4.90. The van der Waals surface area contributed by atoms with Gasteiger partial charge in [-0.15, -0.1) is 0 Å². The van der Waals surface area contributed by atoms with Crippen LogP contribution in [0.3, 0.4) is 0 Å². The first-order valence-corrected chi connectivity index (χ1v) is 9.24. The topological polar surface area (TPSA) is 131 Å². The monoisotopic (exact) mass is 461 g/mol. The first kappa shape index (κ1) is 22.4. The average molecular weight is 462 g/mol. The van der Waals surface area contributed by atoms with Gasteiger partial charge in [-0.25, -0.2) is 14.6 Å². The van der Waals surface area contributed by atoms with Crippen molar-refractivity contribution in [1.29, 1.82) is 0 Å². The molecular formula is C18H15ClF3N3O6. The van der Waals surface area contributed by atoms with Crippen molar-refractivity contribution in [3.8, 4) is 5.75 Å². The minimum absolute atomic E-state index is 0.0226. The molecule has 2 aliphatic rings. The van der Waals surface area contributed by atoms with E-state index in [0.29, 0.717) is 36.0 Å². The number of rotatable bonds is 3. The molecule has 0 radical (unpaired) electrons. The Labute approximate surface area is 177 Å². The van der Waals surface area contributed by atoms with Crippen molar-refractivity contribution in [3.63, 3.8) is 0 Å². The summed E-state index contributed by atoms with van der Waals surface area (Å²) < 4.78 is 39.0. The molecule has 1 aromatic carbocycles. The number of hydrogen-bond acceptors (Lipinski definition) is 5. The zero-order chi connectivity index (χ0) is 22.9. The van der Waals surface area contributed by atoms with Crippen LogP contribution in [0.25, 0.3) is 0 Å². The zero-order valence-corrected chi connectivity index (χ0v) is 16.3. The molecule has 9 nitrogen and oxygen atoms in total. The number of aromatic nitrogens is 2. The highest BCUT2D eigenvalue weighted by molar-refractivity contribution is 6.30. The number of carbonyl (C=O) groups excluding carboxylic acids is 1. The van der Waals surface area contributed by atoms with Gasteiger partial charge in [0.15, 0.2) is 17.6 Å². The van der Waals surface area contributed by atoms with Gasteiger partial charge < -0.3 is 24.8 Å². The van der Waals surface area contributed by atoms with Crippen molar-refractivity contribution in [2.75, 3.05) is 5.32 Å². The van der Waals surface area contributed by atoms with Gasteiger partial charge in [0.05, 0.1) is 0 Å². The lowest BCUT2D eigenvalue weighted by Crippen LogP contribution is -2.32. The van der Waals surface area contributed by atoms with Crippen molar-refractivity contribution in [2.45, 2.75) is 38.1 Å². The quantitative estimate of drug-likeness (QED) is 0.640. The largest absolute Gasteiger partial charge is 0.490 e. The number of nitrogens with zero attached hydrogens (tertiary/aromatic N) is 2. The molecule has 166 valence electrons. The summed E-state index contributed by atoms with van der Waals surface area (Å²) in [4.78, 5) is 37.1. The fourth-order valence-electron chi connectivity index (χ4n) is 3.19. The summed E-state index contributed by atoms with van der Waals surface area (Å²) in [5.74, 6) is -2.89. The summed E-state index contributed by atoms with van der Waals surface area (Å²) in [6.07, 6.45) is -3.85. The number of anilines is 1. The smallest absolute Gasteiger partial charge is 0.480 e. The van der Waals surface area contributed by atoms with Gasteiger partial charge in [0.1, 0.15) is 11.6 Å². The molecule has 3 N–H and O–H groups in total. The van der Waals surface area contributed by atoms with Crippen LogP contribution < -0.4 is 10.1 Å². The number of nitrogens with one attached hydrogen (secondary N) is 1. The van der Waals surface area contributed by atoms with Gasteiger partial charge in [-0.3, -0.25) is 4.79 Å². The SMILES string of the molecule is O=C(O)C(F)(F)F.O=C(O)c1c(NC(=O)C2Cc3cc(Cl)ccc3O2)nc2n1CCC2. The van der Waals surface area contributed by atoms with Crippen LogP contribution >= 0.6 is 11.6 Å². The highest BCUT2D eigenvalue weighted by Gasteiger charge is 2.38. The average Bonchev–Trinajstić information content (AvgIpc) is 3.34. The van der Waals surface area contributed by atoms with Crippen molar-refractivity contribution >= 4 is 35.3 Å². The number of carboxylic acid groups (broad SMARTS) is 2. The van der Waals surface area contributed by atoms with E-state index in [4.69, 9.17) is 26.2 Å². The van der Waals surface area contributed by atoms with Crippen LogP contribution in [0.4, 0.5) is 19.0 Å². The molecule has 13 heteroatoms. The second-order valence-electron chi connectivity index (χ2n) is 6.64. The maximum atomic E-state index is 12.5. The Kier molecular flexibility index (Phi) is 6.11. The Bertz CT molecular complexity index is 1050. The Morgan fingerprint density at radius 1 is 1.26 bits per heavy atom. The normalized spacial score (nSPS) is 16.5. The number of imidazole rings is 1. The number of carboxylic acids is 2. The van der Waals surface area contributed by atoms with E-state index in [1.54, 1.807) is 22.8 Å². The van der Waals surface area contributed by atoms with Gasteiger partial charge in [0.25, 0.3) is 5.91 Å². The molecule has 0 aliphatic carbocycles. The molecule has 2 aromatic rings. The molecule has 1 atom stereocenters. The minimum Gasteiger partial charge on any atom is -0.480 e. The van der Waals surface area contributed by atoms with E-state index in [1.165, 1.54) is 0 Å². The third-order valence-electron chi connectivity index (χ3n) is 4.50. The first-order valence-electron chi connectivity index (χ1n) is 8.86. The number of carbonyl (C=O) groups is 3. The maximum absolute atomic E-state index is 12.5. The summed E-state index contributed by atoms with van der Waals surface area (Å²) in [6.45, 7) is 0.601. The molecule has 4 rings (SSSR count). The summed E-state index contributed by atoms with van der Waals surface area (Å²) >= 11 is 5.94. The lowest BCUT2D eigenvalue weighted by molar-refractivity contribution is -0.192. The van der Waals surface area contributed by atoms with Gasteiger partial charge in [-0.1, -0.05) is 11.6 Å². The Morgan fingerprint density at radius 3 is 2.55 bits per heavy atom. The number of halogens is 4. The first-order chi connectivity index (χ1) is 14.5. The molecule has 0 saturated heterocycles. The van der Waals surface area contributed by atoms with Crippen LogP contribution in [0.5, 0.6) is 5.75 Å². The number of hydrogen-bond donors (Lipinski definition) is 3. The fourth-order valence-corrected chi connectivity index (χ4v) is 3.39. The number of ether oxygens (including phenoxy) is 1. The molecule has 0 spiro atoms. The number of alkyl halides is 3.